The maximum Gasteiger partial charge on any atom is 0.153 e. The first-order chi connectivity index (χ1) is 7.84. The molecule has 2 aromatic carbocycles. The van der Waals surface area contributed by atoms with Crippen molar-refractivity contribution < 1.29 is 0 Å². The molecule has 0 amide bonds. The second-order valence-electron chi connectivity index (χ2n) is 3.75. The van der Waals surface area contributed by atoms with E-state index in [4.69, 9.17) is 5.73 Å². The van der Waals surface area contributed by atoms with Crippen LogP contribution in [0.2, 0.25) is 0 Å². The van der Waals surface area contributed by atoms with Gasteiger partial charge in [0.05, 0.1) is 0 Å². The van der Waals surface area contributed by atoms with E-state index in [-0.39, 0.29) is 0 Å². The number of hydrogen-bond donors (Lipinski definition) is 2. The van der Waals surface area contributed by atoms with Gasteiger partial charge in [-0.1, -0.05) is 36.4 Å². The van der Waals surface area contributed by atoms with Gasteiger partial charge in [-0.25, -0.2) is 0 Å². The fourth-order valence-corrected chi connectivity index (χ4v) is 1.89. The molecule has 0 bridgehead atoms. The van der Waals surface area contributed by atoms with Gasteiger partial charge in [0.2, 0.25) is 0 Å². The molecule has 0 fully saturated rings. The summed E-state index contributed by atoms with van der Waals surface area (Å²) in [7, 11) is 0. The van der Waals surface area contributed by atoms with Crippen molar-refractivity contribution in [2.24, 2.45) is 0 Å². The molecule has 0 radical (unpaired) electrons. The molecular formula is C13H11N3. The summed E-state index contributed by atoms with van der Waals surface area (Å²) in [5.74, 6) is 0.537. The van der Waals surface area contributed by atoms with Gasteiger partial charge in [-0.15, -0.1) is 0 Å². The van der Waals surface area contributed by atoms with Crippen molar-refractivity contribution in [2.45, 2.75) is 0 Å². The summed E-state index contributed by atoms with van der Waals surface area (Å²) in [4.78, 5) is 0. The van der Waals surface area contributed by atoms with Crippen LogP contribution in [0, 0.1) is 0 Å². The lowest BCUT2D eigenvalue weighted by Gasteiger charge is -2.02. The molecule has 16 heavy (non-hydrogen) atoms. The van der Waals surface area contributed by atoms with Crippen molar-refractivity contribution in [2.75, 3.05) is 5.73 Å². The number of H-pyrrole nitrogens is 1. The Labute approximate surface area is 92.9 Å². The smallest absolute Gasteiger partial charge is 0.153 e. The predicted octanol–water partition coefficient (Wildman–Crippen LogP) is 2.81. The maximum atomic E-state index is 5.77. The van der Waals surface area contributed by atoms with Gasteiger partial charge < -0.3 is 5.73 Å². The van der Waals surface area contributed by atoms with Crippen LogP contribution in [0.15, 0.2) is 48.7 Å². The van der Waals surface area contributed by atoms with Gasteiger partial charge >= 0.3 is 0 Å². The lowest BCUT2D eigenvalue weighted by atomic mass is 10.0. The number of benzene rings is 2. The molecule has 1 aromatic heterocycles. The Morgan fingerprint density at radius 2 is 1.81 bits per heavy atom. The molecule has 0 aliphatic rings. The largest absolute Gasteiger partial charge is 0.382 e. The van der Waals surface area contributed by atoms with E-state index in [1.807, 2.05) is 18.3 Å². The second-order valence-corrected chi connectivity index (χ2v) is 3.75. The average Bonchev–Trinajstić information content (AvgIpc) is 2.75. The third-order valence-corrected chi connectivity index (χ3v) is 2.73. The number of rotatable bonds is 1. The van der Waals surface area contributed by atoms with Gasteiger partial charge in [0.25, 0.3) is 0 Å². The van der Waals surface area contributed by atoms with E-state index in [0.717, 1.165) is 11.1 Å². The van der Waals surface area contributed by atoms with Crippen molar-refractivity contribution in [1.82, 2.24) is 10.2 Å². The fraction of sp³-hybridized carbons (Fsp3) is 0. The number of hydrogen-bond acceptors (Lipinski definition) is 2. The summed E-state index contributed by atoms with van der Waals surface area (Å²) >= 11 is 0. The number of aromatic nitrogens is 2. The molecule has 3 nitrogen and oxygen atoms in total. The van der Waals surface area contributed by atoms with Crippen molar-refractivity contribution >= 4 is 16.6 Å². The number of nitrogen functional groups attached to an aromatic ring is 1. The molecule has 0 atom stereocenters. The van der Waals surface area contributed by atoms with E-state index in [2.05, 4.69) is 40.5 Å². The zero-order chi connectivity index (χ0) is 11.0. The Balaban J connectivity index is 2.23. The maximum absolute atomic E-state index is 5.77. The molecule has 0 saturated heterocycles. The van der Waals surface area contributed by atoms with Gasteiger partial charge in [0.15, 0.2) is 5.82 Å². The van der Waals surface area contributed by atoms with Crippen LogP contribution in [0.1, 0.15) is 0 Å². The van der Waals surface area contributed by atoms with Crippen LogP contribution < -0.4 is 5.73 Å². The third-order valence-electron chi connectivity index (χ3n) is 2.73. The number of fused-ring (bicyclic) bond motifs is 1. The van der Waals surface area contributed by atoms with E-state index in [0.29, 0.717) is 5.82 Å². The van der Waals surface area contributed by atoms with Crippen molar-refractivity contribution in [3.63, 3.8) is 0 Å². The summed E-state index contributed by atoms with van der Waals surface area (Å²) in [5, 5.41) is 9.13. The first kappa shape index (κ1) is 8.97. The molecule has 1 heterocycles. The minimum absolute atomic E-state index is 0.537. The molecule has 0 saturated carbocycles. The minimum Gasteiger partial charge on any atom is -0.382 e. The van der Waals surface area contributed by atoms with Gasteiger partial charge in [-0.3, -0.25) is 5.10 Å². The minimum atomic E-state index is 0.537. The SMILES string of the molecule is Nc1n[nH]cc1-c1ccc2ccccc2c1. The zero-order valence-electron chi connectivity index (χ0n) is 8.64. The highest BCUT2D eigenvalue weighted by atomic mass is 15.1. The second kappa shape index (κ2) is 3.38. The summed E-state index contributed by atoms with van der Waals surface area (Å²) in [5.41, 5.74) is 7.81. The van der Waals surface area contributed by atoms with Crippen molar-refractivity contribution in [3.05, 3.63) is 48.7 Å². The monoisotopic (exact) mass is 209 g/mol. The lowest BCUT2D eigenvalue weighted by molar-refractivity contribution is 1.10. The molecule has 3 N–H and O–H groups in total. The summed E-state index contributed by atoms with van der Waals surface area (Å²) in [6.07, 6.45) is 1.82. The third kappa shape index (κ3) is 1.34. The van der Waals surface area contributed by atoms with Gasteiger partial charge in [-0.05, 0) is 22.4 Å². The van der Waals surface area contributed by atoms with Crippen molar-refractivity contribution in [3.8, 4) is 11.1 Å². The van der Waals surface area contributed by atoms with E-state index in [9.17, 15) is 0 Å². The highest BCUT2D eigenvalue weighted by Gasteiger charge is 2.04. The summed E-state index contributed by atoms with van der Waals surface area (Å²) in [6.45, 7) is 0. The average molecular weight is 209 g/mol. The van der Waals surface area contributed by atoms with Gasteiger partial charge in [-0.2, -0.15) is 5.10 Å². The molecule has 0 aliphatic heterocycles. The van der Waals surface area contributed by atoms with E-state index in [1.54, 1.807) is 0 Å². The first-order valence-corrected chi connectivity index (χ1v) is 5.13. The number of nitrogens with two attached hydrogens (primary N) is 1. The number of nitrogens with one attached hydrogen (secondary N) is 1. The zero-order valence-corrected chi connectivity index (χ0v) is 8.64. The Kier molecular flexibility index (Phi) is 1.90. The fourth-order valence-electron chi connectivity index (χ4n) is 1.89. The highest BCUT2D eigenvalue weighted by molar-refractivity contribution is 5.88. The summed E-state index contributed by atoms with van der Waals surface area (Å²) in [6, 6.07) is 14.5. The molecule has 0 spiro atoms. The van der Waals surface area contributed by atoms with Crippen LogP contribution in [-0.2, 0) is 0 Å². The van der Waals surface area contributed by atoms with Crippen LogP contribution >= 0.6 is 0 Å². The predicted molar refractivity (Wildman–Crippen MR) is 65.9 cm³/mol. The van der Waals surface area contributed by atoms with Crippen LogP contribution in [0.4, 0.5) is 5.82 Å². The lowest BCUT2D eigenvalue weighted by Crippen LogP contribution is -1.87. The highest BCUT2D eigenvalue weighted by Crippen LogP contribution is 2.26. The normalized spacial score (nSPS) is 10.8. The molecule has 0 unspecified atom stereocenters. The quantitative estimate of drug-likeness (QED) is 0.647. The van der Waals surface area contributed by atoms with E-state index >= 15 is 0 Å². The number of aromatic amines is 1. The van der Waals surface area contributed by atoms with Crippen LogP contribution in [0.25, 0.3) is 21.9 Å². The van der Waals surface area contributed by atoms with Crippen molar-refractivity contribution in [1.29, 1.82) is 0 Å². The Bertz CT molecular complexity index is 640. The Morgan fingerprint density at radius 3 is 2.56 bits per heavy atom. The molecule has 3 heteroatoms. The van der Waals surface area contributed by atoms with E-state index in [1.165, 1.54) is 10.8 Å². The van der Waals surface area contributed by atoms with Gasteiger partial charge in [0, 0.05) is 11.8 Å². The molecular weight excluding hydrogens is 198 g/mol. The first-order valence-electron chi connectivity index (χ1n) is 5.13. The van der Waals surface area contributed by atoms with E-state index < -0.39 is 0 Å². The van der Waals surface area contributed by atoms with Crippen LogP contribution in [0.3, 0.4) is 0 Å². The molecule has 3 aromatic rings. The standard InChI is InChI=1S/C13H11N3/c14-13-12(8-15-16-13)11-6-5-9-3-1-2-4-10(9)7-11/h1-8H,(H3,14,15,16). The Hall–Kier alpha value is -2.29. The number of anilines is 1. The van der Waals surface area contributed by atoms with Crippen LogP contribution in [-0.4, -0.2) is 10.2 Å². The summed E-state index contributed by atoms with van der Waals surface area (Å²) < 4.78 is 0. The van der Waals surface area contributed by atoms with Crippen LogP contribution in [0.5, 0.6) is 0 Å². The molecule has 0 aliphatic carbocycles. The molecule has 78 valence electrons. The Morgan fingerprint density at radius 1 is 1.00 bits per heavy atom. The molecule has 3 rings (SSSR count). The number of nitrogens with zero attached hydrogens (tertiary/aromatic N) is 1. The topological polar surface area (TPSA) is 54.7 Å². The van der Waals surface area contributed by atoms with Gasteiger partial charge in [0.1, 0.15) is 0 Å².